The smallest absolute Gasteiger partial charge is 0.429 e. The quantitative estimate of drug-likeness (QED) is 0.208. The number of ether oxygens (including phenoxy) is 2. The molecule has 0 amide bonds. The van der Waals surface area contributed by atoms with Gasteiger partial charge >= 0.3 is 18.1 Å². The number of aromatic nitrogens is 4. The second-order valence-electron chi connectivity index (χ2n) is 12.6. The van der Waals surface area contributed by atoms with Crippen LogP contribution in [0.1, 0.15) is 59.7 Å². The fourth-order valence-corrected chi connectivity index (χ4v) is 6.59. The van der Waals surface area contributed by atoms with Crippen LogP contribution in [0.2, 0.25) is 0 Å². The number of hydrogen-bond donors (Lipinski definition) is 2. The van der Waals surface area contributed by atoms with Gasteiger partial charge in [0.2, 0.25) is 12.0 Å². The Kier molecular flexibility index (Phi) is 9.34. The molecule has 258 valence electrons. The lowest BCUT2D eigenvalue weighted by molar-refractivity contribution is -0.198. The Hall–Kier alpha value is -4.98. The maximum atomic E-state index is 14.9. The highest BCUT2D eigenvalue weighted by Gasteiger charge is 2.46. The molecular formula is C35H37F3N6O5. The van der Waals surface area contributed by atoms with E-state index in [-0.39, 0.29) is 35.0 Å². The maximum absolute atomic E-state index is 14.9. The first-order chi connectivity index (χ1) is 23.3. The average Bonchev–Trinajstić information content (AvgIpc) is 3.70. The van der Waals surface area contributed by atoms with Crippen molar-refractivity contribution in [3.8, 4) is 22.7 Å². The van der Waals surface area contributed by atoms with E-state index >= 15 is 0 Å². The van der Waals surface area contributed by atoms with Crippen LogP contribution in [0, 0.1) is 19.3 Å². The number of nitrogens with zero attached hydrogens (tertiary/aromatic N) is 5. The Labute approximate surface area is 281 Å². The van der Waals surface area contributed by atoms with Crippen molar-refractivity contribution in [2.24, 2.45) is 5.41 Å². The van der Waals surface area contributed by atoms with E-state index in [9.17, 15) is 27.9 Å². The van der Waals surface area contributed by atoms with Crippen molar-refractivity contribution < 1.29 is 37.3 Å². The molecule has 2 aliphatic rings. The Bertz CT molecular complexity index is 1850. The third kappa shape index (κ3) is 7.38. The SMILES string of the molecule is CCOC(=O)c1cccc(-c2ccc([C@@H](Oc3cc(N4CCC5(CC4)CN[C@H](C(=O)O)C5)nc(C)n3)C(F)(F)F)c(-n3ccc(C)n3)c2)c1. The lowest BCUT2D eigenvalue weighted by Gasteiger charge is -2.39. The van der Waals surface area contributed by atoms with E-state index in [0.29, 0.717) is 54.3 Å². The highest BCUT2D eigenvalue weighted by molar-refractivity contribution is 5.91. The van der Waals surface area contributed by atoms with E-state index in [1.54, 1.807) is 69.4 Å². The van der Waals surface area contributed by atoms with E-state index in [1.165, 1.54) is 16.8 Å². The van der Waals surface area contributed by atoms with Crippen LogP contribution in [0.25, 0.3) is 16.8 Å². The van der Waals surface area contributed by atoms with Crippen molar-refractivity contribution in [2.45, 2.75) is 58.4 Å². The van der Waals surface area contributed by atoms with Gasteiger partial charge in [0, 0.05) is 37.5 Å². The van der Waals surface area contributed by atoms with Crippen molar-refractivity contribution in [3.05, 3.63) is 83.4 Å². The fraction of sp³-hybridized carbons (Fsp3) is 0.400. The summed E-state index contributed by atoms with van der Waals surface area (Å²) in [5.74, 6) is -0.899. The molecule has 49 heavy (non-hydrogen) atoms. The number of rotatable bonds is 9. The second kappa shape index (κ2) is 13.5. The number of nitrogens with one attached hydrogen (secondary N) is 1. The van der Waals surface area contributed by atoms with Crippen LogP contribution in [0.15, 0.2) is 60.8 Å². The van der Waals surface area contributed by atoms with E-state index in [4.69, 9.17) is 9.47 Å². The number of aryl methyl sites for hydroxylation is 2. The number of hydrogen-bond acceptors (Lipinski definition) is 9. The Morgan fingerprint density at radius 3 is 2.47 bits per heavy atom. The van der Waals surface area contributed by atoms with Crippen LogP contribution in [0.5, 0.6) is 5.88 Å². The van der Waals surface area contributed by atoms with Gasteiger partial charge in [-0.05, 0) is 80.8 Å². The molecule has 4 heterocycles. The average molecular weight is 679 g/mol. The van der Waals surface area contributed by atoms with Gasteiger partial charge in [-0.2, -0.15) is 23.3 Å². The first-order valence-corrected chi connectivity index (χ1v) is 16.1. The van der Waals surface area contributed by atoms with Gasteiger partial charge in [-0.25, -0.2) is 14.5 Å². The molecule has 0 unspecified atom stereocenters. The maximum Gasteiger partial charge on any atom is 0.429 e. The van der Waals surface area contributed by atoms with Gasteiger partial charge in [-0.3, -0.25) is 4.79 Å². The zero-order chi connectivity index (χ0) is 34.9. The minimum absolute atomic E-state index is 0.143. The van der Waals surface area contributed by atoms with Crippen LogP contribution in [0.3, 0.4) is 0 Å². The third-order valence-electron chi connectivity index (χ3n) is 9.13. The Morgan fingerprint density at radius 1 is 1.06 bits per heavy atom. The van der Waals surface area contributed by atoms with Crippen molar-refractivity contribution in [1.82, 2.24) is 25.1 Å². The molecule has 4 aromatic rings. The Balaban J connectivity index is 1.31. The minimum atomic E-state index is -4.84. The number of carbonyl (C=O) groups is 2. The largest absolute Gasteiger partial charge is 0.480 e. The number of alkyl halides is 3. The summed E-state index contributed by atoms with van der Waals surface area (Å²) in [4.78, 5) is 34.6. The molecule has 0 radical (unpaired) electrons. The van der Waals surface area contributed by atoms with E-state index in [0.717, 1.165) is 12.8 Å². The van der Waals surface area contributed by atoms with Gasteiger partial charge < -0.3 is 24.8 Å². The van der Waals surface area contributed by atoms with Crippen LogP contribution >= 0.6 is 0 Å². The van der Waals surface area contributed by atoms with Gasteiger partial charge in [-0.15, -0.1) is 0 Å². The summed E-state index contributed by atoms with van der Waals surface area (Å²) < 4.78 is 57.0. The third-order valence-corrected chi connectivity index (χ3v) is 9.13. The molecule has 0 bridgehead atoms. The summed E-state index contributed by atoms with van der Waals surface area (Å²) in [6.45, 7) is 6.98. The van der Waals surface area contributed by atoms with Crippen molar-refractivity contribution >= 4 is 17.8 Å². The summed E-state index contributed by atoms with van der Waals surface area (Å²) in [6, 6.07) is 13.7. The monoisotopic (exact) mass is 678 g/mol. The number of carboxylic acids is 1. The Morgan fingerprint density at radius 2 is 1.82 bits per heavy atom. The molecular weight excluding hydrogens is 641 g/mol. The lowest BCUT2D eigenvalue weighted by atomic mass is 9.76. The molecule has 0 saturated carbocycles. The van der Waals surface area contributed by atoms with Gasteiger partial charge in [-0.1, -0.05) is 24.3 Å². The first-order valence-electron chi connectivity index (χ1n) is 16.1. The number of aliphatic carboxylic acids is 1. The van der Waals surface area contributed by atoms with E-state index in [2.05, 4.69) is 20.4 Å². The zero-order valence-electron chi connectivity index (χ0n) is 27.3. The van der Waals surface area contributed by atoms with Crippen molar-refractivity contribution in [2.75, 3.05) is 31.1 Å². The molecule has 2 atom stereocenters. The van der Waals surface area contributed by atoms with Gasteiger partial charge in [0.25, 0.3) is 0 Å². The predicted octanol–water partition coefficient (Wildman–Crippen LogP) is 5.84. The molecule has 14 heteroatoms. The topological polar surface area (TPSA) is 132 Å². The standard InChI is InChI=1S/C35H37F3N6O5/c1-4-48-33(47)25-7-5-6-23(16-25)24-8-9-26(28(17-24)44-13-10-21(2)42-44)31(35(36,37)38)49-30-18-29(40-22(3)41-30)43-14-11-34(12-15-43)19-27(32(45)46)39-20-34/h5-10,13,16-18,27,31,39H,4,11-12,14-15,19-20H2,1-3H3,(H,45,46)/t27-,31+/m0/s1. The molecule has 2 aromatic heterocycles. The molecule has 2 fully saturated rings. The number of anilines is 1. The van der Waals surface area contributed by atoms with Gasteiger partial charge in [0.05, 0.1) is 23.6 Å². The zero-order valence-corrected chi connectivity index (χ0v) is 27.3. The van der Waals surface area contributed by atoms with Crippen LogP contribution in [0.4, 0.5) is 19.0 Å². The fourth-order valence-electron chi connectivity index (χ4n) is 6.59. The van der Waals surface area contributed by atoms with Crippen LogP contribution in [-0.4, -0.2) is 75.3 Å². The number of benzene rings is 2. The molecule has 2 aromatic carbocycles. The number of piperidine rings is 1. The van der Waals surface area contributed by atoms with Gasteiger partial charge in [0.1, 0.15) is 17.7 Å². The summed E-state index contributed by atoms with van der Waals surface area (Å²) in [7, 11) is 0. The predicted molar refractivity (Wildman–Crippen MR) is 174 cm³/mol. The summed E-state index contributed by atoms with van der Waals surface area (Å²) in [5, 5.41) is 16.9. The number of carbonyl (C=O) groups excluding carboxylic acids is 1. The lowest BCUT2D eigenvalue weighted by Crippen LogP contribution is -2.41. The highest BCUT2D eigenvalue weighted by atomic mass is 19.4. The van der Waals surface area contributed by atoms with Crippen LogP contribution < -0.4 is 15.0 Å². The molecule has 11 nitrogen and oxygen atoms in total. The van der Waals surface area contributed by atoms with Crippen LogP contribution in [-0.2, 0) is 9.53 Å². The normalized spacial score (nSPS) is 18.0. The molecule has 0 aliphatic carbocycles. The number of esters is 1. The first kappa shape index (κ1) is 33.9. The molecule has 1 spiro atoms. The van der Waals surface area contributed by atoms with Gasteiger partial charge in [0.15, 0.2) is 0 Å². The number of carboxylic acid groups (broad SMARTS) is 1. The molecule has 2 aliphatic heterocycles. The van der Waals surface area contributed by atoms with Crippen molar-refractivity contribution in [3.63, 3.8) is 0 Å². The minimum Gasteiger partial charge on any atom is -0.480 e. The molecule has 6 rings (SSSR count). The highest BCUT2D eigenvalue weighted by Crippen LogP contribution is 2.42. The molecule has 2 saturated heterocycles. The van der Waals surface area contributed by atoms with E-state index in [1.807, 2.05) is 4.90 Å². The summed E-state index contributed by atoms with van der Waals surface area (Å²) in [6.07, 6.45) is -3.69. The van der Waals surface area contributed by atoms with Crippen molar-refractivity contribution in [1.29, 1.82) is 0 Å². The summed E-state index contributed by atoms with van der Waals surface area (Å²) in [5.41, 5.74) is 1.92. The molecule has 2 N–H and O–H groups in total. The number of halogens is 3. The second-order valence-corrected chi connectivity index (χ2v) is 12.6. The van der Waals surface area contributed by atoms with E-state index < -0.39 is 30.3 Å². The summed E-state index contributed by atoms with van der Waals surface area (Å²) >= 11 is 0.